The number of benzene rings is 2. The molecule has 7 nitrogen and oxygen atoms in total. The van der Waals surface area contributed by atoms with Crippen molar-refractivity contribution in [2.45, 2.75) is 27.3 Å². The predicted molar refractivity (Wildman–Crippen MR) is 128 cm³/mol. The quantitative estimate of drug-likeness (QED) is 0.489. The van der Waals surface area contributed by atoms with Gasteiger partial charge in [-0.25, -0.2) is 0 Å². The summed E-state index contributed by atoms with van der Waals surface area (Å²) >= 11 is 5.54. The Hall–Kier alpha value is -3.26. The van der Waals surface area contributed by atoms with Crippen molar-refractivity contribution in [1.29, 1.82) is 0 Å². The monoisotopic (exact) mass is 440 g/mol. The smallest absolute Gasteiger partial charge is 0.175 e. The molecule has 0 bridgehead atoms. The van der Waals surface area contributed by atoms with Gasteiger partial charge in [0.1, 0.15) is 5.75 Å². The molecule has 0 atom stereocenters. The van der Waals surface area contributed by atoms with Crippen LogP contribution >= 0.6 is 12.2 Å². The Kier molecular flexibility index (Phi) is 7.36. The molecule has 3 aromatic rings. The third-order valence-electron chi connectivity index (χ3n) is 4.84. The minimum absolute atomic E-state index is 0.476. The largest absolute Gasteiger partial charge is 0.493 e. The zero-order chi connectivity index (χ0) is 22.4. The van der Waals surface area contributed by atoms with Gasteiger partial charge in [-0.05, 0) is 62.8 Å². The van der Waals surface area contributed by atoms with Gasteiger partial charge in [0, 0.05) is 0 Å². The standard InChI is InChI=1S/C23H28N4O3S/c1-6-30-19-10-8-7-9-18(19)24-23(31)25-22-15(2)26-27(16(22)3)14-17-11-12-20(28-4)21(13-17)29-5/h7-13H,6,14H2,1-5H3,(H2,24,25,31). The van der Waals surface area contributed by atoms with E-state index in [1.807, 2.05) is 67.9 Å². The van der Waals surface area contributed by atoms with E-state index in [-0.39, 0.29) is 0 Å². The first-order valence-electron chi connectivity index (χ1n) is 10.0. The molecule has 2 aromatic carbocycles. The molecule has 8 heteroatoms. The van der Waals surface area contributed by atoms with Crippen LogP contribution in [0.1, 0.15) is 23.9 Å². The second kappa shape index (κ2) is 10.2. The zero-order valence-electron chi connectivity index (χ0n) is 18.5. The summed E-state index contributed by atoms with van der Waals surface area (Å²) in [5, 5.41) is 11.6. The number of methoxy groups -OCH3 is 2. The number of thiocarbonyl (C=S) groups is 1. The van der Waals surface area contributed by atoms with Gasteiger partial charge in [-0.3, -0.25) is 4.68 Å². The summed E-state index contributed by atoms with van der Waals surface area (Å²) in [5.41, 5.74) is 4.60. The molecular weight excluding hydrogens is 412 g/mol. The summed E-state index contributed by atoms with van der Waals surface area (Å²) < 4.78 is 18.3. The Morgan fingerprint density at radius 2 is 1.74 bits per heavy atom. The first-order chi connectivity index (χ1) is 15.0. The zero-order valence-corrected chi connectivity index (χ0v) is 19.3. The summed E-state index contributed by atoms with van der Waals surface area (Å²) in [5.74, 6) is 2.15. The van der Waals surface area contributed by atoms with Crippen LogP contribution in [0.5, 0.6) is 17.2 Å². The summed E-state index contributed by atoms with van der Waals surface area (Å²) in [4.78, 5) is 0. The van der Waals surface area contributed by atoms with E-state index in [0.717, 1.165) is 34.1 Å². The number of rotatable bonds is 8. The third-order valence-corrected chi connectivity index (χ3v) is 5.04. The van der Waals surface area contributed by atoms with Gasteiger partial charge in [0.25, 0.3) is 0 Å². The first kappa shape index (κ1) is 22.4. The molecule has 0 aliphatic carbocycles. The minimum atomic E-state index is 0.476. The van der Waals surface area contributed by atoms with Crippen LogP contribution in [-0.4, -0.2) is 35.7 Å². The Labute approximate surface area is 188 Å². The van der Waals surface area contributed by atoms with Crippen molar-refractivity contribution in [2.75, 3.05) is 31.5 Å². The van der Waals surface area contributed by atoms with Crippen molar-refractivity contribution < 1.29 is 14.2 Å². The molecule has 0 saturated heterocycles. The lowest BCUT2D eigenvalue weighted by Gasteiger charge is -2.14. The maximum atomic E-state index is 5.66. The lowest BCUT2D eigenvalue weighted by atomic mass is 10.2. The normalized spacial score (nSPS) is 10.5. The van der Waals surface area contributed by atoms with E-state index >= 15 is 0 Å². The fraction of sp³-hybridized carbons (Fsp3) is 0.304. The average molecular weight is 441 g/mol. The van der Waals surface area contributed by atoms with E-state index < -0.39 is 0 Å². The van der Waals surface area contributed by atoms with E-state index in [2.05, 4.69) is 15.7 Å². The average Bonchev–Trinajstić information content (AvgIpc) is 3.02. The molecular formula is C23H28N4O3S. The van der Waals surface area contributed by atoms with Crippen LogP contribution in [0.25, 0.3) is 0 Å². The summed E-state index contributed by atoms with van der Waals surface area (Å²) in [7, 11) is 3.25. The number of para-hydroxylation sites is 2. The number of hydrogen-bond acceptors (Lipinski definition) is 5. The first-order valence-corrected chi connectivity index (χ1v) is 10.4. The minimum Gasteiger partial charge on any atom is -0.493 e. The number of aromatic nitrogens is 2. The van der Waals surface area contributed by atoms with Crippen molar-refractivity contribution in [3.63, 3.8) is 0 Å². The maximum Gasteiger partial charge on any atom is 0.175 e. The van der Waals surface area contributed by atoms with Crippen molar-refractivity contribution >= 4 is 28.7 Å². The molecule has 0 radical (unpaired) electrons. The van der Waals surface area contributed by atoms with E-state index in [9.17, 15) is 0 Å². The maximum absolute atomic E-state index is 5.66. The predicted octanol–water partition coefficient (Wildman–Crippen LogP) is 4.77. The molecule has 2 N–H and O–H groups in total. The Bertz CT molecular complexity index is 1060. The van der Waals surface area contributed by atoms with E-state index in [4.69, 9.17) is 26.4 Å². The van der Waals surface area contributed by atoms with Crippen LogP contribution in [0.4, 0.5) is 11.4 Å². The van der Waals surface area contributed by atoms with Crippen molar-refractivity contribution in [3.05, 3.63) is 59.4 Å². The van der Waals surface area contributed by atoms with Gasteiger partial charge in [0.2, 0.25) is 0 Å². The number of ether oxygens (including phenoxy) is 3. The summed E-state index contributed by atoms with van der Waals surface area (Å²) in [6.07, 6.45) is 0. The second-order valence-electron chi connectivity index (χ2n) is 6.90. The number of anilines is 2. The van der Waals surface area contributed by atoms with Gasteiger partial charge < -0.3 is 24.8 Å². The molecule has 0 unspecified atom stereocenters. The fourth-order valence-electron chi connectivity index (χ4n) is 3.30. The SMILES string of the molecule is CCOc1ccccc1NC(=S)Nc1c(C)nn(Cc2ccc(OC)c(OC)c2)c1C. The van der Waals surface area contributed by atoms with Crippen molar-refractivity contribution in [1.82, 2.24) is 9.78 Å². The molecule has 0 spiro atoms. The van der Waals surface area contributed by atoms with Crippen LogP contribution in [0.15, 0.2) is 42.5 Å². The lowest BCUT2D eigenvalue weighted by Crippen LogP contribution is -2.20. The molecule has 0 fully saturated rings. The molecule has 0 saturated carbocycles. The Balaban J connectivity index is 1.75. The highest BCUT2D eigenvalue weighted by molar-refractivity contribution is 7.80. The van der Waals surface area contributed by atoms with E-state index in [1.54, 1.807) is 14.2 Å². The third kappa shape index (κ3) is 5.27. The highest BCUT2D eigenvalue weighted by atomic mass is 32.1. The van der Waals surface area contributed by atoms with Crippen molar-refractivity contribution in [3.8, 4) is 17.2 Å². The van der Waals surface area contributed by atoms with E-state index in [1.165, 1.54) is 0 Å². The van der Waals surface area contributed by atoms with Crippen molar-refractivity contribution in [2.24, 2.45) is 0 Å². The Morgan fingerprint density at radius 1 is 1.00 bits per heavy atom. The van der Waals surface area contributed by atoms with E-state index in [0.29, 0.717) is 29.8 Å². The molecule has 0 amide bonds. The fourth-order valence-corrected chi connectivity index (χ4v) is 3.51. The summed E-state index contributed by atoms with van der Waals surface area (Å²) in [6.45, 7) is 7.10. The van der Waals surface area contributed by atoms with Gasteiger partial charge in [0.15, 0.2) is 16.6 Å². The van der Waals surface area contributed by atoms with Gasteiger partial charge >= 0.3 is 0 Å². The molecule has 31 heavy (non-hydrogen) atoms. The molecule has 164 valence electrons. The molecule has 0 aliphatic rings. The molecule has 1 aromatic heterocycles. The van der Waals surface area contributed by atoms with Gasteiger partial charge in [-0.2, -0.15) is 5.10 Å². The van der Waals surface area contributed by atoms with Crippen LogP contribution in [0.3, 0.4) is 0 Å². The lowest BCUT2D eigenvalue weighted by molar-refractivity contribution is 0.342. The van der Waals surface area contributed by atoms with Crippen LogP contribution < -0.4 is 24.8 Å². The van der Waals surface area contributed by atoms with Gasteiger partial charge in [-0.15, -0.1) is 0 Å². The molecule has 1 heterocycles. The highest BCUT2D eigenvalue weighted by Gasteiger charge is 2.15. The van der Waals surface area contributed by atoms with Crippen LogP contribution in [0.2, 0.25) is 0 Å². The number of hydrogen-bond donors (Lipinski definition) is 2. The topological polar surface area (TPSA) is 69.6 Å². The number of aryl methyl sites for hydroxylation is 1. The Morgan fingerprint density at radius 3 is 2.45 bits per heavy atom. The molecule has 3 rings (SSSR count). The second-order valence-corrected chi connectivity index (χ2v) is 7.31. The van der Waals surface area contributed by atoms with Crippen LogP contribution in [-0.2, 0) is 6.54 Å². The molecule has 0 aliphatic heterocycles. The summed E-state index contributed by atoms with van der Waals surface area (Å²) in [6, 6.07) is 13.6. The number of nitrogens with one attached hydrogen (secondary N) is 2. The highest BCUT2D eigenvalue weighted by Crippen LogP contribution is 2.29. The van der Waals surface area contributed by atoms with Gasteiger partial charge in [-0.1, -0.05) is 18.2 Å². The number of nitrogens with zero attached hydrogens (tertiary/aromatic N) is 2. The van der Waals surface area contributed by atoms with Gasteiger partial charge in [0.05, 0.1) is 50.1 Å². The van der Waals surface area contributed by atoms with Crippen LogP contribution in [0, 0.1) is 13.8 Å².